The molecule has 56 heavy (non-hydrogen) atoms. The molecule has 0 spiro atoms. The van der Waals surface area contributed by atoms with E-state index in [4.69, 9.17) is 19.3 Å². The second-order valence-electron chi connectivity index (χ2n) is 14.6. The number of Topliss-reactive ketones (excluding diaryl/α,β-unsaturated/α-hetero) is 2. The lowest BCUT2D eigenvalue weighted by Gasteiger charge is -2.43. The number of benzene rings is 2. The minimum Gasteiger partial charge on any atom is -0.507 e. The molecule has 2 aromatic carbocycles. The number of aliphatic hydroxyl groups is 4. The zero-order valence-corrected chi connectivity index (χ0v) is 30.6. The average molecular weight is 785 g/mol. The molecule has 302 valence electrons. The smallest absolute Gasteiger partial charge is 0.303 e. The number of carbonyl (C=O) groups is 6. The van der Waals surface area contributed by atoms with Crippen LogP contribution in [0.2, 0.25) is 0 Å². The monoisotopic (exact) mass is 784 g/mol. The predicted molar refractivity (Wildman–Crippen MR) is 188 cm³/mol. The number of hydrogen-bond acceptors (Lipinski definition) is 16. The number of ether oxygens (including phenoxy) is 3. The molecule has 2 aliphatic carbocycles. The number of aromatic hydroxyl groups is 2. The first-order chi connectivity index (χ1) is 26.5. The number of nitrogens with zero attached hydrogens (tertiary/aromatic N) is 1. The molecule has 0 radical (unpaired) electrons. The topological polar surface area (TPSA) is 287 Å². The molecule has 8 atom stereocenters. The molecule has 18 nitrogen and oxygen atoms in total. The first-order valence-corrected chi connectivity index (χ1v) is 18.2. The highest BCUT2D eigenvalue weighted by Gasteiger charge is 2.50. The zero-order valence-electron chi connectivity index (χ0n) is 30.6. The average Bonchev–Trinajstić information content (AvgIpc) is 3.56. The van der Waals surface area contributed by atoms with Crippen molar-refractivity contribution in [1.82, 2.24) is 10.2 Å². The quantitative estimate of drug-likeness (QED) is 0.101. The molecule has 8 N–H and O–H groups in total. The predicted octanol–water partition coefficient (Wildman–Crippen LogP) is -0.582. The molecule has 0 bridgehead atoms. The van der Waals surface area contributed by atoms with Crippen LogP contribution < -0.4 is 10.1 Å². The van der Waals surface area contributed by atoms with Crippen LogP contribution in [-0.2, 0) is 35.1 Å². The number of carboxylic acids is 1. The number of carboxylic acid groups (broad SMARTS) is 1. The van der Waals surface area contributed by atoms with Gasteiger partial charge in [-0.25, -0.2) is 0 Å². The van der Waals surface area contributed by atoms with Gasteiger partial charge in [-0.15, -0.1) is 0 Å². The number of carbonyl (C=O) groups excluding carboxylic acids is 5. The highest BCUT2D eigenvalue weighted by Crippen LogP contribution is 2.52. The third kappa shape index (κ3) is 7.40. The van der Waals surface area contributed by atoms with Crippen LogP contribution in [-0.4, -0.2) is 145 Å². The van der Waals surface area contributed by atoms with Crippen molar-refractivity contribution >= 4 is 35.0 Å². The lowest BCUT2D eigenvalue weighted by atomic mass is 9.72. The molecule has 2 heterocycles. The van der Waals surface area contributed by atoms with Crippen molar-refractivity contribution in [3.63, 3.8) is 0 Å². The van der Waals surface area contributed by atoms with Gasteiger partial charge >= 0.3 is 5.97 Å². The highest BCUT2D eigenvalue weighted by atomic mass is 16.7. The van der Waals surface area contributed by atoms with Crippen molar-refractivity contribution in [2.45, 2.75) is 100 Å². The van der Waals surface area contributed by atoms with Crippen LogP contribution in [0.5, 0.6) is 17.2 Å². The summed E-state index contributed by atoms with van der Waals surface area (Å²) < 4.78 is 17.5. The third-order valence-corrected chi connectivity index (χ3v) is 11.1. The Kier molecular flexibility index (Phi) is 11.6. The molecule has 1 amide bonds. The van der Waals surface area contributed by atoms with E-state index >= 15 is 0 Å². The minimum absolute atomic E-state index is 0.0350. The second-order valence-corrected chi connectivity index (χ2v) is 14.6. The Morgan fingerprint density at radius 3 is 2.41 bits per heavy atom. The molecule has 18 heteroatoms. The van der Waals surface area contributed by atoms with Crippen molar-refractivity contribution in [3.05, 3.63) is 51.6 Å². The van der Waals surface area contributed by atoms with E-state index in [0.717, 1.165) is 0 Å². The summed E-state index contributed by atoms with van der Waals surface area (Å²) in [5.41, 5.74) is -4.23. The fraction of sp³-hybridized carbons (Fsp3) is 0.526. The Hall–Kier alpha value is -4.82. The minimum atomic E-state index is -2.37. The van der Waals surface area contributed by atoms with Gasteiger partial charge < -0.3 is 60.2 Å². The van der Waals surface area contributed by atoms with E-state index in [1.807, 2.05) is 0 Å². The summed E-state index contributed by atoms with van der Waals surface area (Å²) in [5.74, 6) is -6.25. The van der Waals surface area contributed by atoms with Crippen molar-refractivity contribution in [3.8, 4) is 17.2 Å². The van der Waals surface area contributed by atoms with Gasteiger partial charge in [-0.05, 0) is 19.4 Å². The maximum Gasteiger partial charge on any atom is 0.303 e. The molecular formula is C38H44N2O16. The number of fused-ring (bicyclic) bond motifs is 3. The zero-order chi connectivity index (χ0) is 40.8. The Morgan fingerprint density at radius 2 is 1.73 bits per heavy atom. The van der Waals surface area contributed by atoms with Crippen LogP contribution in [0.15, 0.2) is 18.2 Å². The SMILES string of the molecule is COc1cccc2c1C(=O)c1c(O)c3c(c(O)c1C2=O)C[C@@](O)(C(=O)CO)C[C@@H]3OC1CC(NCC(=O)[C@@H]2C[C@@H](O)CN2C(=O)CCCC(=O)O)C(O)C(C)O1. The van der Waals surface area contributed by atoms with E-state index in [2.05, 4.69) is 5.32 Å². The van der Waals surface area contributed by atoms with Gasteiger partial charge in [0.05, 0.1) is 60.8 Å². The maximum absolute atomic E-state index is 13.9. The summed E-state index contributed by atoms with van der Waals surface area (Å²) in [6, 6.07) is 2.37. The molecular weight excluding hydrogens is 740 g/mol. The molecule has 2 aliphatic heterocycles. The number of aliphatic hydroxyl groups excluding tert-OH is 3. The summed E-state index contributed by atoms with van der Waals surface area (Å²) in [6.45, 7) is -0.0604. The number of hydrogen-bond donors (Lipinski definition) is 8. The summed E-state index contributed by atoms with van der Waals surface area (Å²) >= 11 is 0. The summed E-state index contributed by atoms with van der Waals surface area (Å²) in [7, 11) is 1.29. The highest BCUT2D eigenvalue weighted by molar-refractivity contribution is 6.31. The summed E-state index contributed by atoms with van der Waals surface area (Å²) in [4.78, 5) is 78.9. The van der Waals surface area contributed by atoms with Crippen LogP contribution in [0.1, 0.15) is 94.5 Å². The third-order valence-electron chi connectivity index (χ3n) is 11.1. The first kappa shape index (κ1) is 40.8. The second kappa shape index (κ2) is 16.0. The number of β-amino-alcohol motifs (C(OH)–C–C–N with tert-alkyl or cyclic N) is 1. The van der Waals surface area contributed by atoms with Crippen LogP contribution in [0.25, 0.3) is 0 Å². The molecule has 0 aromatic heterocycles. The number of rotatable bonds is 13. The van der Waals surface area contributed by atoms with Crippen LogP contribution in [0, 0.1) is 0 Å². The normalized spacial score (nSPS) is 28.3. The molecule has 4 unspecified atom stereocenters. The van der Waals surface area contributed by atoms with E-state index in [1.165, 1.54) is 37.1 Å². The summed E-state index contributed by atoms with van der Waals surface area (Å²) in [6.07, 6.45) is -7.68. The van der Waals surface area contributed by atoms with Gasteiger partial charge in [-0.3, -0.25) is 28.8 Å². The van der Waals surface area contributed by atoms with Crippen molar-refractivity contribution in [1.29, 1.82) is 0 Å². The van der Waals surface area contributed by atoms with E-state index in [0.29, 0.717) is 0 Å². The van der Waals surface area contributed by atoms with Crippen LogP contribution in [0.3, 0.4) is 0 Å². The number of likely N-dealkylation sites (tertiary alicyclic amines) is 1. The lowest BCUT2D eigenvalue weighted by molar-refractivity contribution is -0.249. The van der Waals surface area contributed by atoms with Gasteiger partial charge in [0, 0.05) is 67.8 Å². The van der Waals surface area contributed by atoms with Crippen molar-refractivity contribution in [2.24, 2.45) is 0 Å². The maximum atomic E-state index is 13.9. The Bertz CT molecular complexity index is 1970. The van der Waals surface area contributed by atoms with Gasteiger partial charge in [0.15, 0.2) is 23.6 Å². The molecule has 0 saturated carbocycles. The van der Waals surface area contributed by atoms with Crippen molar-refractivity contribution < 1.29 is 78.7 Å². The Morgan fingerprint density at radius 1 is 1.02 bits per heavy atom. The number of amides is 1. The number of nitrogens with one attached hydrogen (secondary N) is 1. The Labute approximate surface area is 319 Å². The Balaban J connectivity index is 1.26. The lowest BCUT2D eigenvalue weighted by Crippen LogP contribution is -2.56. The van der Waals surface area contributed by atoms with Crippen LogP contribution >= 0.6 is 0 Å². The van der Waals surface area contributed by atoms with Gasteiger partial charge in [0.2, 0.25) is 11.7 Å². The van der Waals surface area contributed by atoms with E-state index in [9.17, 15) is 59.4 Å². The van der Waals surface area contributed by atoms with Crippen molar-refractivity contribution in [2.75, 3.05) is 26.8 Å². The van der Waals surface area contributed by atoms with Gasteiger partial charge in [-0.2, -0.15) is 0 Å². The molecule has 4 aliphatic rings. The van der Waals surface area contributed by atoms with Gasteiger partial charge in [-0.1, -0.05) is 12.1 Å². The number of methoxy groups -OCH3 is 1. The molecule has 2 fully saturated rings. The standard InChI is InChI=1S/C38H44N2O16/c1-16-33(48)20(39-13-22(43)21-9-17(42)14-40(21)26(45)7-4-8-27(46)47)10-28(55-16)56-24-12-38(53,25(44)15-41)11-19-30(24)37(52)32-31(35(19)50)34(49)18-5-3-6-23(54-2)29(18)36(32)51/h3,5-6,16-17,20-21,24,28,33,39,41-42,48,50,52-53H,4,7-15H2,1-2H3,(H,46,47)/t16?,17-,20?,21+,24+,28?,33?,38+/m1/s1. The van der Waals surface area contributed by atoms with Crippen LogP contribution in [0.4, 0.5) is 0 Å². The van der Waals surface area contributed by atoms with Gasteiger partial charge in [0.1, 0.15) is 29.5 Å². The summed E-state index contributed by atoms with van der Waals surface area (Å²) in [5, 5.41) is 77.8. The van der Waals surface area contributed by atoms with E-state index in [-0.39, 0.29) is 73.2 Å². The molecule has 2 saturated heterocycles. The molecule has 6 rings (SSSR count). The fourth-order valence-electron chi connectivity index (χ4n) is 8.20. The number of phenols is 2. The largest absolute Gasteiger partial charge is 0.507 e. The number of ketones is 4. The fourth-order valence-corrected chi connectivity index (χ4v) is 8.20. The first-order valence-electron chi connectivity index (χ1n) is 18.2. The van der Waals surface area contributed by atoms with E-state index in [1.54, 1.807) is 0 Å². The molecule has 2 aromatic rings. The van der Waals surface area contributed by atoms with Gasteiger partial charge in [0.25, 0.3) is 0 Å². The number of aliphatic carboxylic acids is 1. The number of phenolic OH excluding ortho intramolecular Hbond substituents is 2. The van der Waals surface area contributed by atoms with E-state index < -0.39 is 125 Å².